The highest BCUT2D eigenvalue weighted by Crippen LogP contribution is 2.39. The quantitative estimate of drug-likeness (QED) is 0.496. The molecule has 8 heteroatoms. The van der Waals surface area contributed by atoms with E-state index in [1.165, 1.54) is 6.20 Å². The molecule has 176 valence electrons. The molecule has 0 amide bonds. The molecule has 2 unspecified atom stereocenters. The third kappa shape index (κ3) is 4.88. The van der Waals surface area contributed by atoms with E-state index >= 15 is 0 Å². The molecule has 0 aliphatic carbocycles. The maximum absolute atomic E-state index is 12.5. The summed E-state index contributed by atoms with van der Waals surface area (Å²) in [7, 11) is 0. The Bertz CT molecular complexity index is 1260. The van der Waals surface area contributed by atoms with Crippen molar-refractivity contribution >= 4 is 0 Å². The topological polar surface area (TPSA) is 103 Å². The van der Waals surface area contributed by atoms with Gasteiger partial charge in [0.2, 0.25) is 0 Å². The van der Waals surface area contributed by atoms with Gasteiger partial charge >= 0.3 is 5.69 Å². The third-order valence-electron chi connectivity index (χ3n) is 5.76. The first-order chi connectivity index (χ1) is 16.4. The summed E-state index contributed by atoms with van der Waals surface area (Å²) in [4.78, 5) is 26.5. The number of rotatable bonds is 8. The van der Waals surface area contributed by atoms with Gasteiger partial charge in [0.15, 0.2) is 11.8 Å². The van der Waals surface area contributed by atoms with Crippen molar-refractivity contribution in [2.45, 2.75) is 44.2 Å². The number of hydrogen-bond donors (Lipinski definition) is 2. The van der Waals surface area contributed by atoms with Crippen LogP contribution >= 0.6 is 0 Å². The fourth-order valence-corrected chi connectivity index (χ4v) is 3.94. The van der Waals surface area contributed by atoms with Gasteiger partial charge in [-0.25, -0.2) is 4.79 Å². The molecule has 1 aliphatic heterocycles. The van der Waals surface area contributed by atoms with Gasteiger partial charge in [0.05, 0.1) is 19.8 Å². The Morgan fingerprint density at radius 2 is 1.71 bits per heavy atom. The summed E-state index contributed by atoms with van der Waals surface area (Å²) in [6.07, 6.45) is 3.76. The van der Waals surface area contributed by atoms with Gasteiger partial charge in [-0.2, -0.15) is 0 Å². The zero-order valence-electron chi connectivity index (χ0n) is 18.7. The van der Waals surface area contributed by atoms with Gasteiger partial charge in [0, 0.05) is 11.8 Å². The molecule has 1 saturated heterocycles. The molecule has 0 bridgehead atoms. The van der Waals surface area contributed by atoms with Crippen LogP contribution in [0.15, 0.2) is 76.4 Å². The first-order valence-electron chi connectivity index (χ1n) is 10.9. The SMILES string of the molecule is C#C[C@]1(COCc2ccccc2)O[C@@H](n2cc(C)c(=O)[nH]c2=O)C(O)C1OCc1ccccc1. The Labute approximate surface area is 196 Å². The van der Waals surface area contributed by atoms with E-state index in [0.29, 0.717) is 0 Å². The number of nitrogens with one attached hydrogen (secondary N) is 1. The van der Waals surface area contributed by atoms with Gasteiger partial charge < -0.3 is 19.3 Å². The molecular formula is C26H26N2O6. The smallest absolute Gasteiger partial charge is 0.330 e. The van der Waals surface area contributed by atoms with Crippen LogP contribution in [0.2, 0.25) is 0 Å². The molecule has 0 radical (unpaired) electrons. The van der Waals surface area contributed by atoms with E-state index in [4.69, 9.17) is 20.6 Å². The van der Waals surface area contributed by atoms with E-state index in [2.05, 4.69) is 10.9 Å². The second-order valence-electron chi connectivity index (χ2n) is 8.21. The Morgan fingerprint density at radius 1 is 1.09 bits per heavy atom. The Balaban J connectivity index is 1.62. The molecule has 34 heavy (non-hydrogen) atoms. The molecule has 4 rings (SSSR count). The van der Waals surface area contributed by atoms with Crippen molar-refractivity contribution in [3.05, 3.63) is 104 Å². The lowest BCUT2D eigenvalue weighted by Crippen LogP contribution is -2.47. The van der Waals surface area contributed by atoms with Crippen LogP contribution in [-0.4, -0.2) is 39.1 Å². The molecule has 8 nitrogen and oxygen atoms in total. The second-order valence-corrected chi connectivity index (χ2v) is 8.21. The Kier molecular flexibility index (Phi) is 7.10. The van der Waals surface area contributed by atoms with Crippen LogP contribution in [0.25, 0.3) is 0 Å². The zero-order chi connectivity index (χ0) is 24.1. The molecular weight excluding hydrogens is 436 g/mol. The van der Waals surface area contributed by atoms with Gasteiger partial charge in [-0.3, -0.25) is 14.3 Å². The molecule has 1 fully saturated rings. The van der Waals surface area contributed by atoms with Crippen molar-refractivity contribution in [1.82, 2.24) is 9.55 Å². The fourth-order valence-electron chi connectivity index (χ4n) is 3.94. The van der Waals surface area contributed by atoms with Crippen LogP contribution < -0.4 is 11.2 Å². The molecule has 0 spiro atoms. The average Bonchev–Trinajstić information content (AvgIpc) is 3.13. The average molecular weight is 463 g/mol. The van der Waals surface area contributed by atoms with Crippen molar-refractivity contribution in [3.63, 3.8) is 0 Å². The van der Waals surface area contributed by atoms with E-state index in [9.17, 15) is 14.7 Å². The molecule has 4 atom stereocenters. The fraction of sp³-hybridized carbons (Fsp3) is 0.308. The van der Waals surface area contributed by atoms with Gasteiger partial charge in [0.1, 0.15) is 12.2 Å². The summed E-state index contributed by atoms with van der Waals surface area (Å²) in [5.74, 6) is 2.61. The van der Waals surface area contributed by atoms with Gasteiger partial charge in [0.25, 0.3) is 5.56 Å². The van der Waals surface area contributed by atoms with Crippen LogP contribution in [0.3, 0.4) is 0 Å². The van der Waals surface area contributed by atoms with Crippen LogP contribution in [-0.2, 0) is 27.4 Å². The molecule has 3 aromatic rings. The molecule has 0 saturated carbocycles. The number of benzene rings is 2. The number of terminal acetylenes is 1. The molecule has 2 N–H and O–H groups in total. The lowest BCUT2D eigenvalue weighted by molar-refractivity contribution is -0.124. The predicted molar refractivity (Wildman–Crippen MR) is 125 cm³/mol. The standard InChI is InChI=1S/C26H26N2O6/c1-3-26(17-32-15-19-10-6-4-7-11-19)22(33-16-20-12-8-5-9-13-20)21(29)24(34-26)28-14-18(2)23(30)27-25(28)31/h1,4-14,21-22,24,29H,15-17H2,2H3,(H,27,30,31)/t21?,22?,24-,26-/m1/s1. The highest BCUT2D eigenvalue weighted by Gasteiger charge is 2.56. The molecule has 2 heterocycles. The number of aromatic amines is 1. The molecule has 1 aromatic heterocycles. The normalized spacial score (nSPS) is 24.1. The number of nitrogens with zero attached hydrogens (tertiary/aromatic N) is 1. The molecule has 1 aliphatic rings. The number of aliphatic hydroxyl groups excluding tert-OH is 1. The number of ether oxygens (including phenoxy) is 3. The first kappa shape index (κ1) is 23.7. The summed E-state index contributed by atoms with van der Waals surface area (Å²) in [6.45, 7) is 1.91. The minimum atomic E-state index is -1.48. The van der Waals surface area contributed by atoms with Gasteiger partial charge in [-0.1, -0.05) is 66.6 Å². The maximum Gasteiger partial charge on any atom is 0.330 e. The highest BCUT2D eigenvalue weighted by atomic mass is 16.6. The first-order valence-corrected chi connectivity index (χ1v) is 10.9. The molecule has 2 aromatic carbocycles. The van der Waals surface area contributed by atoms with E-state index in [-0.39, 0.29) is 25.4 Å². The van der Waals surface area contributed by atoms with Crippen molar-refractivity contribution in [2.75, 3.05) is 6.61 Å². The summed E-state index contributed by atoms with van der Waals surface area (Å²) < 4.78 is 19.2. The number of aromatic nitrogens is 2. The number of aliphatic hydroxyl groups is 1. The maximum atomic E-state index is 12.5. The van der Waals surface area contributed by atoms with Gasteiger partial charge in [-0.15, -0.1) is 6.42 Å². The van der Waals surface area contributed by atoms with Crippen molar-refractivity contribution in [3.8, 4) is 12.3 Å². The lowest BCUT2D eigenvalue weighted by atomic mass is 9.96. The van der Waals surface area contributed by atoms with Crippen LogP contribution in [0.4, 0.5) is 0 Å². The number of H-pyrrole nitrogens is 1. The minimum absolute atomic E-state index is 0.0809. The van der Waals surface area contributed by atoms with E-state index < -0.39 is 35.3 Å². The van der Waals surface area contributed by atoms with Crippen LogP contribution in [0, 0.1) is 19.3 Å². The largest absolute Gasteiger partial charge is 0.386 e. The van der Waals surface area contributed by atoms with Crippen molar-refractivity contribution in [1.29, 1.82) is 0 Å². The summed E-state index contributed by atoms with van der Waals surface area (Å²) >= 11 is 0. The zero-order valence-corrected chi connectivity index (χ0v) is 18.7. The summed E-state index contributed by atoms with van der Waals surface area (Å²) in [5, 5.41) is 11.2. The number of aryl methyl sites for hydroxylation is 1. The summed E-state index contributed by atoms with van der Waals surface area (Å²) in [6, 6.07) is 19.0. The van der Waals surface area contributed by atoms with Crippen molar-refractivity contribution in [2.24, 2.45) is 0 Å². The Morgan fingerprint density at radius 3 is 2.32 bits per heavy atom. The lowest BCUT2D eigenvalue weighted by Gasteiger charge is -2.29. The van der Waals surface area contributed by atoms with E-state index in [1.807, 2.05) is 60.7 Å². The summed E-state index contributed by atoms with van der Waals surface area (Å²) in [5.41, 5.74) is -0.600. The van der Waals surface area contributed by atoms with Crippen LogP contribution in [0.5, 0.6) is 0 Å². The predicted octanol–water partition coefficient (Wildman–Crippen LogP) is 1.91. The third-order valence-corrected chi connectivity index (χ3v) is 5.76. The van der Waals surface area contributed by atoms with E-state index in [0.717, 1.165) is 15.7 Å². The van der Waals surface area contributed by atoms with Crippen molar-refractivity contribution < 1.29 is 19.3 Å². The highest BCUT2D eigenvalue weighted by molar-refractivity contribution is 5.21. The number of hydrogen-bond acceptors (Lipinski definition) is 6. The van der Waals surface area contributed by atoms with Crippen LogP contribution in [0.1, 0.15) is 22.9 Å². The second kappa shape index (κ2) is 10.2. The van der Waals surface area contributed by atoms with E-state index in [1.54, 1.807) is 6.92 Å². The van der Waals surface area contributed by atoms with Gasteiger partial charge in [-0.05, 0) is 18.1 Å². The monoisotopic (exact) mass is 462 g/mol. The Hall–Kier alpha value is -3.48. The minimum Gasteiger partial charge on any atom is -0.386 e.